The van der Waals surface area contributed by atoms with Gasteiger partial charge in [0.05, 0.1) is 49.6 Å². The number of benzene rings is 8. The molecule has 0 saturated carbocycles. The Morgan fingerprint density at radius 3 is 1.10 bits per heavy atom. The van der Waals surface area contributed by atoms with E-state index in [1.54, 1.807) is 152 Å². The minimum atomic E-state index is -3.19. The number of terminal acetylenes is 1. The van der Waals surface area contributed by atoms with Crippen LogP contribution in [0.2, 0.25) is 15.1 Å². The van der Waals surface area contributed by atoms with Crippen LogP contribution in [0.25, 0.3) is 0 Å². The SMILES string of the molecule is C#Cc1cccc(C(=O)Nc2cc(Cl)cc(Oc3cccnc3)c2)c1.CC(F)(F)c1cccc(C(=O)Nc2cc(F)cc(Oc3cncnc3)c2)n1.Cc1cccc(C(=O)Nc2cc(Cl)cc(Oc3cccnc3)c2)c1.Cc1cccc(C(=O)Nc2cc(Cl)cc(Oc3cncnc3)c2)c1.O=C(Nc1cc(F)cc(Oc2cncnc2)c1)c1ncccc1F. The minimum Gasteiger partial charge on any atom is -0.456 e. The highest BCUT2D eigenvalue weighted by Crippen LogP contribution is 2.34. The van der Waals surface area contributed by atoms with Crippen molar-refractivity contribution in [2.75, 3.05) is 26.6 Å². The van der Waals surface area contributed by atoms with Crippen LogP contribution in [0, 0.1) is 43.6 Å². The van der Waals surface area contributed by atoms with Crippen LogP contribution in [-0.4, -0.2) is 79.4 Å². The van der Waals surface area contributed by atoms with Crippen molar-refractivity contribution < 1.29 is 69.6 Å². The average molecular weight is 1730 g/mol. The molecule has 0 bridgehead atoms. The van der Waals surface area contributed by atoms with Crippen LogP contribution in [0.3, 0.4) is 0 Å². The van der Waals surface area contributed by atoms with Gasteiger partial charge in [-0.25, -0.2) is 53.0 Å². The zero-order valence-electron chi connectivity index (χ0n) is 65.0. The van der Waals surface area contributed by atoms with Crippen LogP contribution in [0.5, 0.6) is 57.5 Å². The van der Waals surface area contributed by atoms with Crippen LogP contribution in [0.1, 0.15) is 81.4 Å². The quantitative estimate of drug-likeness (QED) is 0.0330. The maximum absolute atomic E-state index is 13.8. The van der Waals surface area contributed by atoms with Gasteiger partial charge in [0.25, 0.3) is 35.5 Å². The number of carbonyl (C=O) groups excluding carboxylic acids is 5. The third kappa shape index (κ3) is 28.4. The van der Waals surface area contributed by atoms with Gasteiger partial charge in [0.1, 0.15) is 82.3 Å². The average Bonchev–Trinajstić information content (AvgIpc) is 0.811. The number of pyridine rings is 4. The second-order valence-corrected chi connectivity index (χ2v) is 27.2. The van der Waals surface area contributed by atoms with E-state index in [4.69, 9.17) is 64.9 Å². The first-order valence-electron chi connectivity index (χ1n) is 36.5. The first-order valence-corrected chi connectivity index (χ1v) is 37.6. The number of nitrogens with one attached hydrogen (secondary N) is 5. The number of hydrogen-bond acceptors (Lipinski definition) is 20. The standard InChI is InChI=1S/C20H13ClN2O2.C19H15ClN2O2.C18H14ClN3O2.C18H13F3N4O2.C16H10F2N4O2/c1-2-14-5-3-6-15(9-14)20(24)23-17-10-16(21)11-19(12-17)25-18-7-4-8-22-13-18;1-13-4-2-5-14(8-13)19(23)22-16-9-15(20)10-18(11-16)24-17-6-3-7-21-12-17;1-12-3-2-4-13(5-12)18(23)22-15-6-14(19)7-16(8-15)24-17-9-20-11-21-10-17;1-18(20,21)16-4-2-3-15(25-16)17(26)24-12-5-11(19)6-13(7-12)27-14-8-22-10-23-9-14;17-10-4-11(22-16(23)15-14(18)2-1-3-21-15)6-12(5-10)24-13-7-19-9-20-8-13/h1,3-13H,(H,23,24);2-12H,1H3,(H,22,23);2-11H,1H3,(H,22,23);2-10H,1H3,(H,24,26);1-9H,(H,22,23). The molecular weight excluding hydrogens is 1660 g/mol. The third-order valence-corrected chi connectivity index (χ3v) is 16.6. The molecule has 0 aliphatic heterocycles. The summed E-state index contributed by atoms with van der Waals surface area (Å²) in [5.74, 6) is -1.07. The molecule has 15 rings (SSSR count). The zero-order chi connectivity index (χ0) is 87.9. The Hall–Kier alpha value is -16.0. The lowest BCUT2D eigenvalue weighted by Gasteiger charge is -2.11. The first-order chi connectivity index (χ1) is 59.8. The van der Waals surface area contributed by atoms with E-state index in [0.717, 1.165) is 47.5 Å². The molecule has 5 amide bonds. The number of halogens is 8. The molecule has 0 unspecified atom stereocenters. The van der Waals surface area contributed by atoms with Gasteiger partial charge in [0.2, 0.25) is 0 Å². The molecule has 7 aromatic heterocycles. The largest absolute Gasteiger partial charge is 0.456 e. The van der Waals surface area contributed by atoms with Crippen molar-refractivity contribution in [2.24, 2.45) is 0 Å². The minimum absolute atomic E-state index is 0.0716. The molecule has 0 aliphatic carbocycles. The molecule has 0 atom stereocenters. The Bertz CT molecular complexity index is 6140. The van der Waals surface area contributed by atoms with Crippen LogP contribution in [-0.2, 0) is 5.92 Å². The maximum Gasteiger partial charge on any atom is 0.287 e. The maximum atomic E-state index is 13.8. The topological polar surface area (TPSA) is 321 Å². The van der Waals surface area contributed by atoms with Crippen molar-refractivity contribution in [1.82, 2.24) is 49.8 Å². The molecule has 5 N–H and O–H groups in total. The second kappa shape index (κ2) is 43.7. The summed E-state index contributed by atoms with van der Waals surface area (Å²) in [6, 6.07) is 57.0. The summed E-state index contributed by atoms with van der Waals surface area (Å²) in [6.07, 6.45) is 25.9. The van der Waals surface area contributed by atoms with Crippen molar-refractivity contribution >= 4 is 92.8 Å². The first kappa shape index (κ1) is 88.8. The van der Waals surface area contributed by atoms with E-state index < -0.39 is 40.9 Å². The van der Waals surface area contributed by atoms with E-state index in [1.165, 1.54) is 80.3 Å². The Morgan fingerprint density at radius 1 is 0.363 bits per heavy atom. The summed E-state index contributed by atoms with van der Waals surface area (Å²) < 4.78 is 95.7. The second-order valence-electron chi connectivity index (χ2n) is 25.9. The predicted molar refractivity (Wildman–Crippen MR) is 457 cm³/mol. The highest BCUT2D eigenvalue weighted by molar-refractivity contribution is 6.32. The fraction of sp³-hybridized carbons (Fsp3) is 0.0440. The van der Waals surface area contributed by atoms with Gasteiger partial charge in [-0.2, -0.15) is 8.78 Å². The van der Waals surface area contributed by atoms with Gasteiger partial charge in [-0.05, 0) is 153 Å². The molecular formula is C91H65Cl3F5N15O10. The van der Waals surface area contributed by atoms with E-state index in [9.17, 15) is 45.9 Å². The molecule has 25 nitrogen and oxygen atoms in total. The van der Waals surface area contributed by atoms with E-state index >= 15 is 0 Å². The zero-order valence-corrected chi connectivity index (χ0v) is 67.3. The third-order valence-electron chi connectivity index (χ3n) is 16.0. The molecule has 0 spiro atoms. The number of carbonyl (C=O) groups is 5. The lowest BCUT2D eigenvalue weighted by atomic mass is 10.1. The Balaban J connectivity index is 0.000000151. The van der Waals surface area contributed by atoms with Crippen molar-refractivity contribution in [3.63, 3.8) is 0 Å². The fourth-order valence-electron chi connectivity index (χ4n) is 10.7. The number of aryl methyl sites for hydroxylation is 2. The molecule has 0 aliphatic rings. The molecule has 620 valence electrons. The molecule has 15 aromatic rings. The number of hydrogen-bond donors (Lipinski definition) is 5. The van der Waals surface area contributed by atoms with Crippen LogP contribution < -0.4 is 50.3 Å². The van der Waals surface area contributed by atoms with Gasteiger partial charge in [0, 0.05) is 134 Å². The van der Waals surface area contributed by atoms with Crippen LogP contribution in [0.4, 0.5) is 50.4 Å². The Labute approximate surface area is 719 Å². The summed E-state index contributed by atoms with van der Waals surface area (Å²) in [4.78, 5) is 99.5. The molecule has 0 fully saturated rings. The smallest absolute Gasteiger partial charge is 0.287 e. The van der Waals surface area contributed by atoms with Crippen molar-refractivity contribution in [3.05, 3.63) is 389 Å². The van der Waals surface area contributed by atoms with Gasteiger partial charge in [-0.1, -0.05) is 88.2 Å². The predicted octanol–water partition coefficient (Wildman–Crippen LogP) is 21.7. The molecule has 8 aromatic carbocycles. The highest BCUT2D eigenvalue weighted by atomic mass is 35.5. The number of anilines is 5. The van der Waals surface area contributed by atoms with Crippen LogP contribution >= 0.6 is 34.8 Å². The van der Waals surface area contributed by atoms with Gasteiger partial charge in [-0.15, -0.1) is 6.42 Å². The van der Waals surface area contributed by atoms with Gasteiger partial charge in [0.15, 0.2) is 28.8 Å². The molecule has 33 heteroatoms. The monoisotopic (exact) mass is 1730 g/mol. The number of alkyl halides is 2. The number of ether oxygens (including phenoxy) is 5. The summed E-state index contributed by atoms with van der Waals surface area (Å²) >= 11 is 18.4. The highest BCUT2D eigenvalue weighted by Gasteiger charge is 2.27. The molecule has 0 saturated heterocycles. The Kier molecular flexibility index (Phi) is 31.3. The normalized spacial score (nSPS) is 10.4. The number of aromatic nitrogens is 10. The van der Waals surface area contributed by atoms with Crippen molar-refractivity contribution in [1.29, 1.82) is 0 Å². The van der Waals surface area contributed by atoms with Crippen molar-refractivity contribution in [2.45, 2.75) is 26.7 Å². The van der Waals surface area contributed by atoms with Gasteiger partial charge < -0.3 is 50.3 Å². The summed E-state index contributed by atoms with van der Waals surface area (Å²) in [7, 11) is 0. The summed E-state index contributed by atoms with van der Waals surface area (Å²) in [6.45, 7) is 4.56. The molecule has 0 radical (unpaired) electrons. The molecule has 7 heterocycles. The van der Waals surface area contributed by atoms with Gasteiger partial charge >= 0.3 is 0 Å². The van der Waals surface area contributed by atoms with E-state index in [0.29, 0.717) is 102 Å². The van der Waals surface area contributed by atoms with Crippen LogP contribution in [0.15, 0.2) is 306 Å². The summed E-state index contributed by atoms with van der Waals surface area (Å²) in [5.41, 5.74) is 4.94. The number of nitrogens with zero attached hydrogens (tertiary/aromatic N) is 10. The van der Waals surface area contributed by atoms with E-state index in [1.807, 2.05) is 50.2 Å². The number of amides is 5. The van der Waals surface area contributed by atoms with Gasteiger partial charge in [-0.3, -0.25) is 33.9 Å². The Morgan fingerprint density at radius 2 is 0.718 bits per heavy atom. The summed E-state index contributed by atoms with van der Waals surface area (Å²) in [5, 5.41) is 14.6. The lowest BCUT2D eigenvalue weighted by Crippen LogP contribution is -2.17. The number of rotatable bonds is 21. The van der Waals surface area contributed by atoms with E-state index in [2.05, 4.69) is 82.3 Å². The van der Waals surface area contributed by atoms with E-state index in [-0.39, 0.29) is 57.7 Å². The fourth-order valence-corrected chi connectivity index (χ4v) is 11.3. The molecule has 124 heavy (non-hydrogen) atoms. The lowest BCUT2D eigenvalue weighted by molar-refractivity contribution is 0.0126. The van der Waals surface area contributed by atoms with Crippen molar-refractivity contribution in [3.8, 4) is 69.8 Å².